The summed E-state index contributed by atoms with van der Waals surface area (Å²) in [5, 5.41) is 25.3. The van der Waals surface area contributed by atoms with Crippen LogP contribution < -0.4 is 5.32 Å². The molecular weight excluding hydrogens is 276 g/mol. The second-order valence-electron chi connectivity index (χ2n) is 5.23. The first kappa shape index (κ1) is 13.5. The zero-order valence-electron chi connectivity index (χ0n) is 10.8. The number of carbonyl (C=O) groups is 1. The van der Waals surface area contributed by atoms with Crippen LogP contribution in [0.25, 0.3) is 0 Å². The molecule has 2 bridgehead atoms. The minimum absolute atomic E-state index is 0.176. The fourth-order valence-electron chi connectivity index (χ4n) is 2.89. The summed E-state index contributed by atoms with van der Waals surface area (Å²) in [6, 6.07) is 8.97. The number of carbonyl (C=O) groups excluding carboxylic acids is 1. The van der Waals surface area contributed by atoms with Crippen LogP contribution in [0.15, 0.2) is 35.5 Å². The Hall–Kier alpha value is -1.53. The van der Waals surface area contributed by atoms with E-state index in [1.165, 1.54) is 11.8 Å². The van der Waals surface area contributed by atoms with Gasteiger partial charge in [0.15, 0.2) is 0 Å². The Balaban J connectivity index is 1.85. The highest BCUT2D eigenvalue weighted by molar-refractivity contribution is 8.01. The van der Waals surface area contributed by atoms with Crippen LogP contribution in [-0.4, -0.2) is 44.6 Å². The third-order valence-electron chi connectivity index (χ3n) is 3.98. The molecule has 5 nitrogen and oxygen atoms in total. The Morgan fingerprint density at radius 2 is 2.15 bits per heavy atom. The van der Waals surface area contributed by atoms with E-state index >= 15 is 0 Å². The number of aliphatic hydroxyl groups excluding tert-OH is 1. The van der Waals surface area contributed by atoms with Gasteiger partial charge in [0.05, 0.1) is 22.6 Å². The van der Waals surface area contributed by atoms with Crippen molar-refractivity contribution in [3.63, 3.8) is 0 Å². The topological polar surface area (TPSA) is 81.9 Å². The highest BCUT2D eigenvalue weighted by Crippen LogP contribution is 2.43. The number of fused-ring (bicyclic) bond motifs is 2. The summed E-state index contributed by atoms with van der Waals surface area (Å²) in [4.78, 5) is 12.3. The van der Waals surface area contributed by atoms with Crippen molar-refractivity contribution in [2.45, 2.75) is 29.7 Å². The molecule has 1 heterocycles. The van der Waals surface area contributed by atoms with Crippen LogP contribution in [0.5, 0.6) is 0 Å². The maximum absolute atomic E-state index is 12.3. The summed E-state index contributed by atoms with van der Waals surface area (Å²) >= 11 is 1.53. The van der Waals surface area contributed by atoms with Crippen LogP contribution >= 0.6 is 11.8 Å². The summed E-state index contributed by atoms with van der Waals surface area (Å²) < 4.78 is 0. The Labute approximate surface area is 121 Å². The first-order chi connectivity index (χ1) is 9.66. The molecule has 0 aromatic heterocycles. The van der Waals surface area contributed by atoms with Gasteiger partial charge in [0.2, 0.25) is 0 Å². The Kier molecular flexibility index (Phi) is 3.43. The van der Waals surface area contributed by atoms with Gasteiger partial charge in [-0.15, -0.1) is 11.8 Å². The highest BCUT2D eigenvalue weighted by atomic mass is 32.2. The number of oxime groups is 1. The first-order valence-corrected chi connectivity index (χ1v) is 7.61. The smallest absolute Gasteiger partial charge is 0.252 e. The molecule has 1 saturated carbocycles. The number of nitrogens with zero attached hydrogens (tertiary/aromatic N) is 1. The molecular formula is C14H16N2O3S. The van der Waals surface area contributed by atoms with Gasteiger partial charge in [0.25, 0.3) is 5.91 Å². The Bertz CT molecular complexity index is 549. The van der Waals surface area contributed by atoms with Crippen molar-refractivity contribution in [2.24, 2.45) is 5.16 Å². The third kappa shape index (κ3) is 2.09. The van der Waals surface area contributed by atoms with Gasteiger partial charge in [-0.1, -0.05) is 23.4 Å². The molecule has 1 aliphatic carbocycles. The molecule has 6 heteroatoms. The summed E-state index contributed by atoms with van der Waals surface area (Å²) in [6.45, 7) is 0. The lowest BCUT2D eigenvalue weighted by Gasteiger charge is -2.35. The second-order valence-corrected chi connectivity index (χ2v) is 6.36. The van der Waals surface area contributed by atoms with Crippen LogP contribution in [-0.2, 0) is 0 Å². The van der Waals surface area contributed by atoms with E-state index in [2.05, 4.69) is 10.5 Å². The normalized spacial score (nSPS) is 34.1. The van der Waals surface area contributed by atoms with Crippen LogP contribution in [0.4, 0.5) is 0 Å². The SMILES string of the molecule is O=C(N[C@]12CC[C@H](O)[C@H](SC1)C2=NO)c1ccccc1. The number of hydrogen-bond donors (Lipinski definition) is 3. The fourth-order valence-corrected chi connectivity index (χ4v) is 4.51. The summed E-state index contributed by atoms with van der Waals surface area (Å²) in [5.74, 6) is 0.455. The van der Waals surface area contributed by atoms with Crippen molar-refractivity contribution in [3.8, 4) is 0 Å². The lowest BCUT2D eigenvalue weighted by Crippen LogP contribution is -2.59. The second kappa shape index (κ2) is 5.10. The number of thioether (sulfide) groups is 1. The van der Waals surface area contributed by atoms with Gasteiger partial charge in [0.1, 0.15) is 0 Å². The molecule has 3 N–H and O–H groups in total. The van der Waals surface area contributed by atoms with Crippen molar-refractivity contribution in [1.29, 1.82) is 0 Å². The molecule has 20 heavy (non-hydrogen) atoms. The molecule has 2 fully saturated rings. The first-order valence-electron chi connectivity index (χ1n) is 6.56. The standard InChI is InChI=1S/C14H16N2O3S/c17-10-6-7-14(8-20-11(10)12(14)16-19)15-13(18)9-4-2-1-3-5-9/h1-5,10-11,17,19H,6-8H2,(H,15,18)/t10-,11-,14+/m0/s1. The lowest BCUT2D eigenvalue weighted by atomic mass is 9.80. The largest absolute Gasteiger partial charge is 0.411 e. The number of hydrogen-bond acceptors (Lipinski definition) is 5. The van der Waals surface area contributed by atoms with Gasteiger partial charge < -0.3 is 15.6 Å². The average Bonchev–Trinajstić information content (AvgIpc) is 2.76. The van der Waals surface area contributed by atoms with Gasteiger partial charge >= 0.3 is 0 Å². The van der Waals surface area contributed by atoms with Crippen LogP contribution in [0, 0.1) is 0 Å². The van der Waals surface area contributed by atoms with Gasteiger partial charge in [-0.2, -0.15) is 0 Å². The van der Waals surface area contributed by atoms with E-state index in [1.807, 2.05) is 18.2 Å². The number of rotatable bonds is 2. The van der Waals surface area contributed by atoms with E-state index in [0.717, 1.165) is 0 Å². The van der Waals surface area contributed by atoms with E-state index < -0.39 is 11.6 Å². The summed E-state index contributed by atoms with van der Waals surface area (Å²) in [7, 11) is 0. The number of benzene rings is 1. The van der Waals surface area contributed by atoms with E-state index in [0.29, 0.717) is 29.9 Å². The molecule has 0 spiro atoms. The number of aliphatic hydroxyl groups is 1. The van der Waals surface area contributed by atoms with Gasteiger partial charge in [0, 0.05) is 11.3 Å². The number of amides is 1. The molecule has 0 radical (unpaired) electrons. The fraction of sp³-hybridized carbons (Fsp3) is 0.429. The van der Waals surface area contributed by atoms with Gasteiger partial charge in [-0.05, 0) is 25.0 Å². The Morgan fingerprint density at radius 1 is 1.40 bits per heavy atom. The van der Waals surface area contributed by atoms with Crippen molar-refractivity contribution in [2.75, 3.05) is 5.75 Å². The van der Waals surface area contributed by atoms with Gasteiger partial charge in [-0.25, -0.2) is 0 Å². The molecule has 106 valence electrons. The molecule has 2 aliphatic rings. The number of nitrogens with one attached hydrogen (secondary N) is 1. The molecule has 1 aliphatic heterocycles. The monoisotopic (exact) mass is 292 g/mol. The predicted molar refractivity (Wildman–Crippen MR) is 77.3 cm³/mol. The van der Waals surface area contributed by atoms with E-state index in [9.17, 15) is 15.1 Å². The molecule has 1 amide bonds. The van der Waals surface area contributed by atoms with Crippen molar-refractivity contribution in [3.05, 3.63) is 35.9 Å². The van der Waals surface area contributed by atoms with E-state index in [1.54, 1.807) is 12.1 Å². The zero-order chi connectivity index (χ0) is 14.2. The summed E-state index contributed by atoms with van der Waals surface area (Å²) in [6.07, 6.45) is 0.691. The Morgan fingerprint density at radius 3 is 2.85 bits per heavy atom. The van der Waals surface area contributed by atoms with Crippen LogP contribution in [0.3, 0.4) is 0 Å². The predicted octanol–water partition coefficient (Wildman–Crippen LogP) is 1.26. The average molecular weight is 292 g/mol. The molecule has 3 rings (SSSR count). The summed E-state index contributed by atoms with van der Waals surface area (Å²) in [5.41, 5.74) is 0.445. The highest BCUT2D eigenvalue weighted by Gasteiger charge is 2.53. The van der Waals surface area contributed by atoms with Crippen molar-refractivity contribution < 1.29 is 15.1 Å². The van der Waals surface area contributed by atoms with Crippen LogP contribution in [0.1, 0.15) is 23.2 Å². The minimum atomic E-state index is -0.629. The van der Waals surface area contributed by atoms with E-state index in [4.69, 9.17) is 0 Å². The van der Waals surface area contributed by atoms with Crippen LogP contribution in [0.2, 0.25) is 0 Å². The third-order valence-corrected chi connectivity index (χ3v) is 5.54. The maximum Gasteiger partial charge on any atom is 0.252 e. The van der Waals surface area contributed by atoms with Gasteiger partial charge in [-0.3, -0.25) is 4.79 Å². The van der Waals surface area contributed by atoms with E-state index in [-0.39, 0.29) is 11.2 Å². The molecule has 3 atom stereocenters. The van der Waals surface area contributed by atoms with Crippen molar-refractivity contribution in [1.82, 2.24) is 5.32 Å². The molecule has 1 aromatic rings. The maximum atomic E-state index is 12.3. The van der Waals surface area contributed by atoms with Crippen molar-refractivity contribution >= 4 is 23.4 Å². The molecule has 1 aromatic carbocycles. The zero-order valence-corrected chi connectivity index (χ0v) is 11.6. The molecule has 0 unspecified atom stereocenters. The minimum Gasteiger partial charge on any atom is -0.411 e. The quantitative estimate of drug-likeness (QED) is 0.566. The lowest BCUT2D eigenvalue weighted by molar-refractivity contribution is 0.0904. The molecule has 1 saturated heterocycles.